The highest BCUT2D eigenvalue weighted by Gasteiger charge is 2.89. The number of carboxylic acids is 1. The lowest BCUT2D eigenvalue weighted by Crippen LogP contribution is -2.28. The molecule has 0 aromatic heterocycles. The largest absolute Gasteiger partial charge is 0.482 e. The van der Waals surface area contributed by atoms with Gasteiger partial charge >= 0.3 is 0 Å². The summed E-state index contributed by atoms with van der Waals surface area (Å²) in [5.41, 5.74) is 1.02. The zero-order chi connectivity index (χ0) is 9.48. The molecule has 1 N–H and O–H groups in total. The van der Waals surface area contributed by atoms with Crippen LogP contribution in [0.15, 0.2) is 0 Å². The first-order chi connectivity index (χ1) is 5.97. The minimum absolute atomic E-state index is 0.479. The Morgan fingerprint density at radius 1 is 1.23 bits per heavy atom. The van der Waals surface area contributed by atoms with Crippen LogP contribution >= 0.6 is 0 Å². The second-order valence-electron chi connectivity index (χ2n) is 5.77. The maximum absolute atomic E-state index is 11.1. The minimum atomic E-state index is -0.604. The molecule has 0 atom stereocenters. The Morgan fingerprint density at radius 3 is 1.85 bits per heavy atom. The van der Waals surface area contributed by atoms with Crippen molar-refractivity contribution in [2.24, 2.45) is 16.7 Å². The molecule has 4 heteroatoms. The first-order valence-electron chi connectivity index (χ1n) is 5.21. The molecule has 3 aliphatic rings. The summed E-state index contributed by atoms with van der Waals surface area (Å²) in [5.74, 6) is -0.113. The van der Waals surface area contributed by atoms with Gasteiger partial charge in [-0.2, -0.15) is 0 Å². The maximum atomic E-state index is 11.1. The van der Waals surface area contributed by atoms with Gasteiger partial charge in [-0.25, -0.2) is 0 Å². The maximum Gasteiger partial charge on any atom is 0.293 e. The Kier molecular flexibility index (Phi) is 1.05. The number of carbonyl (C=O) groups is 1. The Hall–Kier alpha value is -0.400. The SMILES string of the molecule is BC(B)(C(=O)O)C1C2(CC2)C12CC2. The zero-order valence-electron chi connectivity index (χ0n) is 8.26. The molecule has 0 saturated heterocycles. The van der Waals surface area contributed by atoms with Crippen LogP contribution in [0, 0.1) is 16.7 Å². The van der Waals surface area contributed by atoms with Gasteiger partial charge in [-0.1, -0.05) is 0 Å². The van der Waals surface area contributed by atoms with Crippen LogP contribution in [0.5, 0.6) is 0 Å². The molecule has 0 aromatic carbocycles. The summed E-state index contributed by atoms with van der Waals surface area (Å²) in [7, 11) is 3.82. The number of hydrogen-bond donors (Lipinski definition) is 1. The Balaban J connectivity index is 1.92. The van der Waals surface area contributed by atoms with Gasteiger partial charge in [-0.15, -0.1) is 0 Å². The van der Waals surface area contributed by atoms with E-state index in [1.807, 2.05) is 15.7 Å². The molecule has 0 unspecified atom stereocenters. The lowest BCUT2D eigenvalue weighted by molar-refractivity contribution is -0.138. The molecule has 68 valence electrons. The van der Waals surface area contributed by atoms with E-state index in [1.165, 1.54) is 25.7 Å². The predicted octanol–water partition coefficient (Wildman–Crippen LogP) is -0.356. The summed E-state index contributed by atoms with van der Waals surface area (Å²) in [5, 5.41) is 8.69. The van der Waals surface area contributed by atoms with Crippen molar-refractivity contribution in [3.8, 4) is 0 Å². The van der Waals surface area contributed by atoms with Crippen LogP contribution in [0.2, 0.25) is 5.21 Å². The van der Waals surface area contributed by atoms with E-state index in [-0.39, 0.29) is 0 Å². The van der Waals surface area contributed by atoms with E-state index in [2.05, 4.69) is 0 Å². The molecule has 3 fully saturated rings. The number of aliphatic carboxylic acids is 1. The van der Waals surface area contributed by atoms with Crippen molar-refractivity contribution in [2.45, 2.75) is 30.9 Å². The van der Waals surface area contributed by atoms with E-state index < -0.39 is 11.2 Å². The van der Waals surface area contributed by atoms with Gasteiger partial charge in [0.25, 0.3) is 5.97 Å². The van der Waals surface area contributed by atoms with Crippen LogP contribution in [0.1, 0.15) is 25.7 Å². The van der Waals surface area contributed by atoms with Crippen LogP contribution in [0.3, 0.4) is 0 Å². The molecule has 3 rings (SSSR count). The van der Waals surface area contributed by atoms with E-state index in [1.54, 1.807) is 0 Å². The van der Waals surface area contributed by atoms with Crippen molar-refractivity contribution >= 4 is 21.7 Å². The lowest BCUT2D eigenvalue weighted by atomic mass is 9.50. The quantitative estimate of drug-likeness (QED) is 0.583. The van der Waals surface area contributed by atoms with E-state index in [0.717, 1.165) is 0 Å². The fourth-order valence-electron chi connectivity index (χ4n) is 4.09. The van der Waals surface area contributed by atoms with Crippen LogP contribution in [0.25, 0.3) is 0 Å². The number of hydrogen-bond acceptors (Lipinski definition) is 1. The molecule has 0 amide bonds. The Labute approximate surface area is 79.9 Å². The van der Waals surface area contributed by atoms with Crippen molar-refractivity contribution in [1.29, 1.82) is 0 Å². The van der Waals surface area contributed by atoms with Crippen molar-refractivity contribution in [3.05, 3.63) is 0 Å². The first kappa shape index (κ1) is 7.95. The molecular formula is C9H14B2O2. The highest BCUT2D eigenvalue weighted by molar-refractivity contribution is 6.50. The third kappa shape index (κ3) is 0.649. The lowest BCUT2D eigenvalue weighted by Gasteiger charge is -2.19. The molecule has 0 aliphatic heterocycles. The fourth-order valence-corrected chi connectivity index (χ4v) is 4.09. The second kappa shape index (κ2) is 1.71. The van der Waals surface area contributed by atoms with Gasteiger partial charge in [0.05, 0.1) is 0 Å². The van der Waals surface area contributed by atoms with Crippen molar-refractivity contribution in [3.63, 3.8) is 0 Å². The van der Waals surface area contributed by atoms with Gasteiger partial charge in [-0.05, 0) is 42.4 Å². The summed E-state index contributed by atoms with van der Waals surface area (Å²) in [6.07, 6.45) is 5.20. The predicted molar refractivity (Wildman–Crippen MR) is 54.2 cm³/mol. The molecule has 13 heavy (non-hydrogen) atoms. The molecule has 0 heterocycles. The van der Waals surface area contributed by atoms with Crippen LogP contribution in [0.4, 0.5) is 0 Å². The highest BCUT2D eigenvalue weighted by Crippen LogP contribution is 2.95. The number of rotatable bonds is 2. The van der Waals surface area contributed by atoms with Crippen molar-refractivity contribution in [2.75, 3.05) is 0 Å². The molecule has 3 aliphatic carbocycles. The Morgan fingerprint density at radius 2 is 1.62 bits per heavy atom. The molecule has 0 bridgehead atoms. The molecule has 2 spiro atoms. The monoisotopic (exact) mass is 176 g/mol. The van der Waals surface area contributed by atoms with Gasteiger partial charge in [0.15, 0.2) is 0 Å². The smallest absolute Gasteiger partial charge is 0.293 e. The normalized spacial score (nSPS) is 36.2. The van der Waals surface area contributed by atoms with Crippen LogP contribution in [-0.2, 0) is 4.79 Å². The van der Waals surface area contributed by atoms with Crippen LogP contribution in [-0.4, -0.2) is 26.8 Å². The summed E-state index contributed by atoms with van der Waals surface area (Å²) in [4.78, 5) is 11.1. The molecular weight excluding hydrogens is 162 g/mol. The fraction of sp³-hybridized carbons (Fsp3) is 0.889. The number of carboxylic acid groups (broad SMARTS) is 1. The highest BCUT2D eigenvalue weighted by atomic mass is 16.4. The summed E-state index contributed by atoms with van der Waals surface area (Å²) < 4.78 is 0. The van der Waals surface area contributed by atoms with Crippen molar-refractivity contribution in [1.82, 2.24) is 0 Å². The standard InChI is InChI=1S/C9H14B2O2/c10-9(11,6(12)13)5-7(1-2-7)8(5)3-4-8/h5H,1-4,10-11H2,(H,12,13). The Bertz CT molecular complexity index is 285. The van der Waals surface area contributed by atoms with Gasteiger partial charge in [-0.3, -0.25) is 4.79 Å². The van der Waals surface area contributed by atoms with Gasteiger partial charge in [0.1, 0.15) is 15.7 Å². The zero-order valence-corrected chi connectivity index (χ0v) is 8.26. The van der Waals surface area contributed by atoms with Crippen LogP contribution < -0.4 is 0 Å². The molecule has 0 radical (unpaired) electrons. The molecule has 0 aromatic rings. The van der Waals surface area contributed by atoms with Crippen molar-refractivity contribution < 1.29 is 9.90 Å². The number of fused-ring (bicyclic) bond motifs is 1. The third-order valence-corrected chi connectivity index (χ3v) is 4.86. The van der Waals surface area contributed by atoms with Gasteiger partial charge in [0.2, 0.25) is 0 Å². The summed E-state index contributed by atoms with van der Waals surface area (Å²) >= 11 is 0. The average molecular weight is 176 g/mol. The molecule has 2 nitrogen and oxygen atoms in total. The molecule has 3 saturated carbocycles. The van der Waals surface area contributed by atoms with E-state index in [9.17, 15) is 9.90 Å². The van der Waals surface area contributed by atoms with E-state index in [4.69, 9.17) is 0 Å². The van der Waals surface area contributed by atoms with Gasteiger partial charge in [0, 0.05) is 5.21 Å². The third-order valence-electron chi connectivity index (χ3n) is 4.86. The summed E-state index contributed by atoms with van der Waals surface area (Å²) in [6.45, 7) is 0. The topological polar surface area (TPSA) is 37.3 Å². The van der Waals surface area contributed by atoms with E-state index >= 15 is 0 Å². The average Bonchev–Trinajstić information content (AvgIpc) is 2.82. The minimum Gasteiger partial charge on any atom is -0.482 e. The van der Waals surface area contributed by atoms with Gasteiger partial charge < -0.3 is 5.11 Å². The first-order valence-corrected chi connectivity index (χ1v) is 5.21. The summed E-state index contributed by atoms with van der Waals surface area (Å²) in [6, 6.07) is 0. The van der Waals surface area contributed by atoms with E-state index in [0.29, 0.717) is 16.7 Å². The second-order valence-corrected chi connectivity index (χ2v) is 5.77.